The third-order valence-electron chi connectivity index (χ3n) is 2.76. The number of carbonyl (C=O) groups is 1. The molecule has 2 aromatic carbocycles. The maximum Gasteiger partial charge on any atom is 0.319 e. The monoisotopic (exact) mass is 292 g/mol. The zero-order valence-electron chi connectivity index (χ0n) is 11.1. The molecule has 0 spiro atoms. The quantitative estimate of drug-likeness (QED) is 0.811. The number of nitrogens with one attached hydrogen (secondary N) is 2. The highest BCUT2D eigenvalue weighted by atomic mass is 19.1. The van der Waals surface area contributed by atoms with Crippen LogP contribution in [0, 0.1) is 11.6 Å². The summed E-state index contributed by atoms with van der Waals surface area (Å²) in [5, 5.41) is 14.1. The van der Waals surface area contributed by atoms with Crippen molar-refractivity contribution in [2.24, 2.45) is 0 Å². The number of rotatable bonds is 4. The van der Waals surface area contributed by atoms with Gasteiger partial charge in [0, 0.05) is 18.3 Å². The van der Waals surface area contributed by atoms with Crippen molar-refractivity contribution in [1.29, 1.82) is 0 Å². The predicted octanol–water partition coefficient (Wildman–Crippen LogP) is 3.03. The average molecular weight is 292 g/mol. The summed E-state index contributed by atoms with van der Waals surface area (Å²) in [6, 6.07) is 8.86. The van der Waals surface area contributed by atoms with E-state index in [0.717, 1.165) is 23.8 Å². The zero-order chi connectivity index (χ0) is 15.2. The van der Waals surface area contributed by atoms with Gasteiger partial charge in [0.1, 0.15) is 17.4 Å². The lowest BCUT2D eigenvalue weighted by atomic mass is 10.1. The summed E-state index contributed by atoms with van der Waals surface area (Å²) in [6.45, 7) is 0.356. The van der Waals surface area contributed by atoms with Crippen LogP contribution in [-0.2, 0) is 6.42 Å². The number of anilines is 1. The Balaban J connectivity index is 1.80. The van der Waals surface area contributed by atoms with Crippen molar-refractivity contribution in [1.82, 2.24) is 5.32 Å². The van der Waals surface area contributed by atoms with Gasteiger partial charge in [0.15, 0.2) is 0 Å². The van der Waals surface area contributed by atoms with Crippen molar-refractivity contribution in [3.8, 4) is 5.75 Å². The molecule has 0 bridgehead atoms. The Morgan fingerprint density at radius 3 is 2.29 bits per heavy atom. The molecule has 0 aromatic heterocycles. The van der Waals surface area contributed by atoms with Crippen LogP contribution in [0.5, 0.6) is 5.75 Å². The van der Waals surface area contributed by atoms with Crippen molar-refractivity contribution >= 4 is 11.7 Å². The molecule has 4 nitrogen and oxygen atoms in total. The Kier molecular flexibility index (Phi) is 4.71. The zero-order valence-corrected chi connectivity index (χ0v) is 11.1. The van der Waals surface area contributed by atoms with Crippen LogP contribution in [0.3, 0.4) is 0 Å². The standard InChI is InChI=1S/C15H14F2N2O2/c16-11-7-12(17)9-13(8-11)19-15(21)18-6-5-10-1-3-14(20)4-2-10/h1-4,7-9,20H,5-6H2,(H2,18,19,21). The summed E-state index contributed by atoms with van der Waals surface area (Å²) < 4.78 is 25.9. The molecular formula is C15H14F2N2O2. The summed E-state index contributed by atoms with van der Waals surface area (Å²) in [7, 11) is 0. The van der Waals surface area contributed by atoms with E-state index in [1.165, 1.54) is 0 Å². The minimum atomic E-state index is -0.755. The van der Waals surface area contributed by atoms with Crippen LogP contribution in [0.15, 0.2) is 42.5 Å². The molecule has 0 atom stereocenters. The highest BCUT2D eigenvalue weighted by Gasteiger charge is 2.04. The SMILES string of the molecule is O=C(NCCc1ccc(O)cc1)Nc1cc(F)cc(F)c1. The normalized spacial score (nSPS) is 10.2. The average Bonchev–Trinajstić information content (AvgIpc) is 2.39. The Morgan fingerprint density at radius 2 is 1.67 bits per heavy atom. The summed E-state index contributed by atoms with van der Waals surface area (Å²) >= 11 is 0. The minimum absolute atomic E-state index is 0.0506. The van der Waals surface area contributed by atoms with Gasteiger partial charge in [-0.15, -0.1) is 0 Å². The number of carbonyl (C=O) groups excluding carboxylic acids is 1. The van der Waals surface area contributed by atoms with Gasteiger partial charge in [-0.3, -0.25) is 0 Å². The van der Waals surface area contributed by atoms with Crippen molar-refractivity contribution in [2.45, 2.75) is 6.42 Å². The first kappa shape index (κ1) is 14.8. The lowest BCUT2D eigenvalue weighted by Crippen LogP contribution is -2.30. The van der Waals surface area contributed by atoms with Crippen LogP contribution in [0.1, 0.15) is 5.56 Å². The molecular weight excluding hydrogens is 278 g/mol. The van der Waals surface area contributed by atoms with E-state index in [0.29, 0.717) is 13.0 Å². The fourth-order valence-corrected chi connectivity index (χ4v) is 1.78. The van der Waals surface area contributed by atoms with Crippen LogP contribution < -0.4 is 10.6 Å². The van der Waals surface area contributed by atoms with Crippen LogP contribution in [0.2, 0.25) is 0 Å². The third kappa shape index (κ3) is 4.76. The highest BCUT2D eigenvalue weighted by Crippen LogP contribution is 2.12. The fraction of sp³-hybridized carbons (Fsp3) is 0.133. The molecule has 0 aliphatic rings. The predicted molar refractivity (Wildman–Crippen MR) is 75.2 cm³/mol. The number of aromatic hydroxyl groups is 1. The molecule has 2 rings (SSSR count). The van der Waals surface area contributed by atoms with Crippen molar-refractivity contribution < 1.29 is 18.7 Å². The first-order valence-corrected chi connectivity index (χ1v) is 6.32. The van der Waals surface area contributed by atoms with Gasteiger partial charge < -0.3 is 15.7 Å². The van der Waals surface area contributed by atoms with Gasteiger partial charge in [-0.2, -0.15) is 0 Å². The first-order chi connectivity index (χ1) is 10.0. The number of phenolic OH excluding ortho intramolecular Hbond substituents is 1. The smallest absolute Gasteiger partial charge is 0.319 e. The van der Waals surface area contributed by atoms with E-state index in [9.17, 15) is 13.6 Å². The molecule has 0 radical (unpaired) electrons. The van der Waals surface area contributed by atoms with Gasteiger partial charge >= 0.3 is 6.03 Å². The largest absolute Gasteiger partial charge is 0.508 e. The Bertz CT molecular complexity index is 610. The van der Waals surface area contributed by atoms with E-state index in [2.05, 4.69) is 10.6 Å². The van der Waals surface area contributed by atoms with Gasteiger partial charge in [0.25, 0.3) is 0 Å². The van der Waals surface area contributed by atoms with Gasteiger partial charge in [-0.1, -0.05) is 12.1 Å². The molecule has 0 fully saturated rings. The molecule has 0 heterocycles. The van der Waals surface area contributed by atoms with Gasteiger partial charge in [0.05, 0.1) is 0 Å². The summed E-state index contributed by atoms with van der Waals surface area (Å²) in [6.07, 6.45) is 0.575. The second kappa shape index (κ2) is 6.69. The highest BCUT2D eigenvalue weighted by molar-refractivity contribution is 5.89. The van der Waals surface area contributed by atoms with E-state index in [-0.39, 0.29) is 11.4 Å². The maximum absolute atomic E-state index is 13.0. The number of urea groups is 1. The Labute approximate surface area is 120 Å². The summed E-state index contributed by atoms with van der Waals surface area (Å²) in [5.41, 5.74) is 1.000. The van der Waals surface area contributed by atoms with E-state index in [1.54, 1.807) is 24.3 Å². The lowest BCUT2D eigenvalue weighted by Gasteiger charge is -2.08. The summed E-state index contributed by atoms with van der Waals surface area (Å²) in [4.78, 5) is 11.6. The number of benzene rings is 2. The molecule has 6 heteroatoms. The van der Waals surface area contributed by atoms with Crippen LogP contribution in [-0.4, -0.2) is 17.7 Å². The molecule has 110 valence electrons. The van der Waals surface area contributed by atoms with Crippen molar-refractivity contribution in [3.05, 3.63) is 59.7 Å². The third-order valence-corrected chi connectivity index (χ3v) is 2.76. The Hall–Kier alpha value is -2.63. The van der Waals surface area contributed by atoms with Crippen molar-refractivity contribution in [2.75, 3.05) is 11.9 Å². The Morgan fingerprint density at radius 1 is 1.05 bits per heavy atom. The fourth-order valence-electron chi connectivity index (χ4n) is 1.78. The van der Waals surface area contributed by atoms with Gasteiger partial charge in [0.2, 0.25) is 0 Å². The molecule has 2 aromatic rings. The van der Waals surface area contributed by atoms with Crippen LogP contribution in [0.25, 0.3) is 0 Å². The van der Waals surface area contributed by atoms with Crippen molar-refractivity contribution in [3.63, 3.8) is 0 Å². The second-order valence-electron chi connectivity index (χ2n) is 4.46. The van der Waals surface area contributed by atoms with E-state index in [1.807, 2.05) is 0 Å². The number of amides is 2. The molecule has 0 aliphatic carbocycles. The molecule has 0 saturated carbocycles. The lowest BCUT2D eigenvalue weighted by molar-refractivity contribution is 0.252. The molecule has 0 saturated heterocycles. The van der Waals surface area contributed by atoms with Gasteiger partial charge in [-0.25, -0.2) is 13.6 Å². The number of hydrogen-bond acceptors (Lipinski definition) is 2. The number of hydrogen-bond donors (Lipinski definition) is 3. The first-order valence-electron chi connectivity index (χ1n) is 6.32. The molecule has 2 amide bonds. The molecule has 3 N–H and O–H groups in total. The topological polar surface area (TPSA) is 61.4 Å². The molecule has 21 heavy (non-hydrogen) atoms. The molecule has 0 aliphatic heterocycles. The van der Waals surface area contributed by atoms with E-state index in [4.69, 9.17) is 5.11 Å². The van der Waals surface area contributed by atoms with Crippen LogP contribution >= 0.6 is 0 Å². The number of halogens is 2. The van der Waals surface area contributed by atoms with Gasteiger partial charge in [-0.05, 0) is 36.2 Å². The van der Waals surface area contributed by atoms with E-state index >= 15 is 0 Å². The maximum atomic E-state index is 13.0. The molecule has 0 unspecified atom stereocenters. The number of phenols is 1. The second-order valence-corrected chi connectivity index (χ2v) is 4.46. The summed E-state index contributed by atoms with van der Waals surface area (Å²) in [5.74, 6) is -1.33. The van der Waals surface area contributed by atoms with E-state index < -0.39 is 17.7 Å². The van der Waals surface area contributed by atoms with Crippen LogP contribution in [0.4, 0.5) is 19.3 Å². The minimum Gasteiger partial charge on any atom is -0.508 e.